The molecule has 27 heavy (non-hydrogen) atoms. The van der Waals surface area contributed by atoms with Gasteiger partial charge in [-0.05, 0) is 51.2 Å². The molecular weight excluding hydrogens is 458 g/mol. The number of benzene rings is 1. The van der Waals surface area contributed by atoms with Crippen molar-refractivity contribution in [3.05, 3.63) is 53.6 Å². The molecule has 0 aliphatic rings. The largest absolute Gasteiger partial charge is 0.357 e. The molecule has 8 heteroatoms. The van der Waals surface area contributed by atoms with E-state index >= 15 is 0 Å². The highest BCUT2D eigenvalue weighted by molar-refractivity contribution is 14.0. The number of guanidine groups is 1. The van der Waals surface area contributed by atoms with Gasteiger partial charge in [-0.25, -0.2) is 9.38 Å². The molecule has 1 aromatic carbocycles. The Kier molecular flexibility index (Phi) is 11.0. The predicted octanol–water partition coefficient (Wildman–Crippen LogP) is 2.85. The van der Waals surface area contributed by atoms with E-state index in [1.165, 1.54) is 6.07 Å². The number of nitrogens with zero attached hydrogens (tertiary/aromatic N) is 4. The van der Waals surface area contributed by atoms with Gasteiger partial charge in [-0.15, -0.1) is 24.0 Å². The van der Waals surface area contributed by atoms with Crippen molar-refractivity contribution in [3.8, 4) is 0 Å². The highest BCUT2D eigenvalue weighted by atomic mass is 127. The van der Waals surface area contributed by atoms with Crippen LogP contribution in [-0.4, -0.2) is 47.8 Å². The molecule has 0 bridgehead atoms. The number of aliphatic imine (C=N–C) groups is 1. The normalized spacial score (nSPS) is 11.4. The lowest BCUT2D eigenvalue weighted by Gasteiger charge is -2.13. The van der Waals surface area contributed by atoms with Gasteiger partial charge in [0.05, 0.1) is 6.54 Å². The zero-order valence-electron chi connectivity index (χ0n) is 16.3. The minimum atomic E-state index is -0.171. The Bertz CT molecular complexity index is 688. The highest BCUT2D eigenvalue weighted by Gasteiger charge is 2.05. The van der Waals surface area contributed by atoms with Crippen molar-refractivity contribution in [2.75, 3.05) is 27.2 Å². The summed E-state index contributed by atoms with van der Waals surface area (Å²) in [5.41, 5.74) is 1.69. The predicted molar refractivity (Wildman–Crippen MR) is 119 cm³/mol. The Morgan fingerprint density at radius 2 is 2.11 bits per heavy atom. The maximum absolute atomic E-state index is 13.9. The number of rotatable bonds is 9. The second-order valence-electron chi connectivity index (χ2n) is 6.41. The Labute approximate surface area is 178 Å². The van der Waals surface area contributed by atoms with Crippen molar-refractivity contribution in [1.82, 2.24) is 25.3 Å². The summed E-state index contributed by atoms with van der Waals surface area (Å²) in [7, 11) is 3.86. The van der Waals surface area contributed by atoms with Crippen LogP contribution in [0.3, 0.4) is 0 Å². The summed E-state index contributed by atoms with van der Waals surface area (Å²) in [5.74, 6) is 0.599. The van der Waals surface area contributed by atoms with Crippen molar-refractivity contribution in [2.45, 2.75) is 33.0 Å². The summed E-state index contributed by atoms with van der Waals surface area (Å²) >= 11 is 0. The monoisotopic (exact) mass is 488 g/mol. The van der Waals surface area contributed by atoms with Gasteiger partial charge < -0.3 is 15.5 Å². The fraction of sp³-hybridized carbons (Fsp3) is 0.474. The van der Waals surface area contributed by atoms with E-state index in [0.717, 1.165) is 37.6 Å². The third kappa shape index (κ3) is 8.70. The highest BCUT2D eigenvalue weighted by Crippen LogP contribution is 2.13. The third-order valence-corrected chi connectivity index (χ3v) is 3.78. The van der Waals surface area contributed by atoms with E-state index in [2.05, 4.69) is 20.7 Å². The van der Waals surface area contributed by atoms with Crippen molar-refractivity contribution in [3.63, 3.8) is 0 Å². The van der Waals surface area contributed by atoms with Crippen molar-refractivity contribution in [2.24, 2.45) is 4.99 Å². The van der Waals surface area contributed by atoms with E-state index in [9.17, 15) is 4.39 Å². The fourth-order valence-corrected chi connectivity index (χ4v) is 2.58. The molecule has 0 saturated heterocycles. The lowest BCUT2D eigenvalue weighted by molar-refractivity contribution is 0.392. The number of nitrogens with one attached hydrogen (secondary N) is 2. The summed E-state index contributed by atoms with van der Waals surface area (Å²) in [5, 5.41) is 10.8. The molecule has 1 heterocycles. The molecule has 6 nitrogen and oxygen atoms in total. The Morgan fingerprint density at radius 1 is 1.30 bits per heavy atom. The molecule has 0 saturated carbocycles. The fourth-order valence-electron chi connectivity index (χ4n) is 2.58. The van der Waals surface area contributed by atoms with E-state index in [-0.39, 0.29) is 29.8 Å². The average Bonchev–Trinajstić information content (AvgIpc) is 3.12. The Hall–Kier alpha value is -1.68. The quantitative estimate of drug-likeness (QED) is 0.247. The molecule has 0 amide bonds. The van der Waals surface area contributed by atoms with Crippen molar-refractivity contribution in [1.29, 1.82) is 0 Å². The standard InChI is InChI=1S/C19H29FN6.HI/c1-4-21-19(22-9-5-11-26-12-6-10-24-26)23-14-16-7-8-18(20)17(13-16)15-25(2)3;/h6-8,10,12-13H,4-5,9,11,14-15H2,1-3H3,(H2,21,22,23);1H. The smallest absolute Gasteiger partial charge is 0.191 e. The van der Waals surface area contributed by atoms with E-state index in [1.54, 1.807) is 12.3 Å². The van der Waals surface area contributed by atoms with Crippen LogP contribution in [0.5, 0.6) is 0 Å². The van der Waals surface area contributed by atoms with Gasteiger partial charge in [-0.2, -0.15) is 5.10 Å². The minimum absolute atomic E-state index is 0. The Balaban J connectivity index is 0.00000364. The number of hydrogen-bond acceptors (Lipinski definition) is 3. The summed E-state index contributed by atoms with van der Waals surface area (Å²) in [6.07, 6.45) is 4.70. The van der Waals surface area contributed by atoms with Crippen LogP contribution < -0.4 is 10.6 Å². The number of halogens is 2. The number of aryl methyl sites for hydroxylation is 1. The first-order valence-corrected chi connectivity index (χ1v) is 9.00. The van der Waals surface area contributed by atoms with Gasteiger partial charge in [0.25, 0.3) is 0 Å². The van der Waals surface area contributed by atoms with Crippen LogP contribution in [-0.2, 0) is 19.6 Å². The van der Waals surface area contributed by atoms with Gasteiger partial charge in [0.2, 0.25) is 0 Å². The van der Waals surface area contributed by atoms with Crippen LogP contribution in [0.1, 0.15) is 24.5 Å². The summed E-state index contributed by atoms with van der Waals surface area (Å²) in [6.45, 7) is 5.59. The van der Waals surface area contributed by atoms with Crippen LogP contribution in [0.4, 0.5) is 4.39 Å². The lowest BCUT2D eigenvalue weighted by Crippen LogP contribution is -2.38. The van der Waals surface area contributed by atoms with Crippen LogP contribution in [0.25, 0.3) is 0 Å². The third-order valence-electron chi connectivity index (χ3n) is 3.78. The SMILES string of the molecule is CCNC(=NCc1ccc(F)c(CN(C)C)c1)NCCCn1cccn1.I. The summed E-state index contributed by atoms with van der Waals surface area (Å²) < 4.78 is 15.8. The maximum atomic E-state index is 13.9. The van der Waals surface area contributed by atoms with Crippen molar-refractivity contribution < 1.29 is 4.39 Å². The van der Waals surface area contributed by atoms with Gasteiger partial charge >= 0.3 is 0 Å². The molecule has 0 spiro atoms. The molecule has 2 aromatic rings. The molecule has 2 rings (SSSR count). The summed E-state index contributed by atoms with van der Waals surface area (Å²) in [4.78, 5) is 6.56. The number of aromatic nitrogens is 2. The molecule has 0 aliphatic heterocycles. The minimum Gasteiger partial charge on any atom is -0.357 e. The van der Waals surface area contributed by atoms with Crippen LogP contribution in [0, 0.1) is 5.82 Å². The van der Waals surface area contributed by atoms with Crippen LogP contribution in [0.15, 0.2) is 41.7 Å². The van der Waals surface area contributed by atoms with E-state index in [1.807, 2.05) is 48.9 Å². The molecule has 0 unspecified atom stereocenters. The second-order valence-corrected chi connectivity index (χ2v) is 6.41. The van der Waals surface area contributed by atoms with E-state index in [0.29, 0.717) is 18.7 Å². The zero-order chi connectivity index (χ0) is 18.8. The van der Waals surface area contributed by atoms with Crippen molar-refractivity contribution >= 4 is 29.9 Å². The van der Waals surface area contributed by atoms with E-state index < -0.39 is 0 Å². The molecule has 0 aliphatic carbocycles. The molecule has 0 radical (unpaired) electrons. The molecular formula is C19H30FIN6. The van der Waals surface area contributed by atoms with Gasteiger partial charge in [0.15, 0.2) is 5.96 Å². The van der Waals surface area contributed by atoms with Gasteiger partial charge in [0.1, 0.15) is 5.82 Å². The van der Waals surface area contributed by atoms with Gasteiger partial charge in [-0.3, -0.25) is 4.68 Å². The topological polar surface area (TPSA) is 57.5 Å². The first-order chi connectivity index (χ1) is 12.6. The average molecular weight is 488 g/mol. The molecule has 0 fully saturated rings. The van der Waals surface area contributed by atoms with E-state index in [4.69, 9.17) is 0 Å². The molecule has 2 N–H and O–H groups in total. The lowest BCUT2D eigenvalue weighted by atomic mass is 10.1. The molecule has 150 valence electrons. The molecule has 0 atom stereocenters. The Morgan fingerprint density at radius 3 is 2.78 bits per heavy atom. The second kappa shape index (κ2) is 12.7. The molecule has 1 aromatic heterocycles. The first-order valence-electron chi connectivity index (χ1n) is 9.00. The maximum Gasteiger partial charge on any atom is 0.191 e. The van der Waals surface area contributed by atoms with Crippen LogP contribution >= 0.6 is 24.0 Å². The number of hydrogen-bond donors (Lipinski definition) is 2. The summed E-state index contributed by atoms with van der Waals surface area (Å²) in [6, 6.07) is 7.12. The van der Waals surface area contributed by atoms with Gasteiger partial charge in [0, 0.05) is 44.1 Å². The first kappa shape index (κ1) is 23.4. The van der Waals surface area contributed by atoms with Gasteiger partial charge in [-0.1, -0.05) is 6.07 Å². The van der Waals surface area contributed by atoms with Crippen LogP contribution in [0.2, 0.25) is 0 Å². The zero-order valence-corrected chi connectivity index (χ0v) is 18.6.